The van der Waals surface area contributed by atoms with Gasteiger partial charge in [-0.15, -0.1) is 0 Å². The summed E-state index contributed by atoms with van der Waals surface area (Å²) >= 11 is 0. The Morgan fingerprint density at radius 2 is 1.71 bits per heavy atom. The molecule has 4 heteroatoms. The van der Waals surface area contributed by atoms with E-state index in [1.807, 2.05) is 12.1 Å². The molecule has 2 rings (SSSR count). The first kappa shape index (κ1) is 12.4. The van der Waals surface area contributed by atoms with E-state index in [0.29, 0.717) is 23.3 Å². The number of aromatic hydroxyl groups is 1. The van der Waals surface area contributed by atoms with Crippen molar-refractivity contribution in [1.82, 2.24) is 0 Å². The monoisotopic (exact) mass is 254 g/mol. The van der Waals surface area contributed by atoms with E-state index < -0.39 is 9.84 Å². The topological polar surface area (TPSA) is 54.4 Å². The molecule has 1 saturated heterocycles. The van der Waals surface area contributed by atoms with Crippen LogP contribution in [0.2, 0.25) is 0 Å². The molecule has 1 heterocycles. The predicted molar refractivity (Wildman–Crippen MR) is 67.9 cm³/mol. The Labute approximate surface area is 102 Å². The summed E-state index contributed by atoms with van der Waals surface area (Å²) in [4.78, 5) is 0. The number of benzene rings is 1. The molecule has 0 aliphatic carbocycles. The average Bonchev–Trinajstić information content (AvgIpc) is 2.29. The molecule has 1 atom stereocenters. The normalized spacial score (nSPS) is 22.2. The molecule has 0 saturated carbocycles. The Kier molecular flexibility index (Phi) is 3.43. The summed E-state index contributed by atoms with van der Waals surface area (Å²) in [5, 5.41) is 9.24. The molecule has 1 fully saturated rings. The minimum Gasteiger partial charge on any atom is -0.508 e. The molecule has 0 spiro atoms. The predicted octanol–water partition coefficient (Wildman–Crippen LogP) is 2.32. The zero-order chi connectivity index (χ0) is 12.5. The standard InChI is InChI=1S/C13H18O3S/c1-10(11-2-4-13(14)5-3-11)12-6-8-17(15,16)9-7-12/h2-5,10,12,14H,6-9H2,1H3. The van der Waals surface area contributed by atoms with Crippen molar-refractivity contribution in [3.05, 3.63) is 29.8 Å². The molecule has 3 nitrogen and oxygen atoms in total. The minimum atomic E-state index is -2.78. The van der Waals surface area contributed by atoms with Gasteiger partial charge < -0.3 is 5.11 Å². The first-order valence-electron chi connectivity index (χ1n) is 5.97. The lowest BCUT2D eigenvalue weighted by atomic mass is 9.84. The first-order valence-corrected chi connectivity index (χ1v) is 7.79. The zero-order valence-electron chi connectivity index (χ0n) is 9.96. The molecular weight excluding hydrogens is 236 g/mol. The summed E-state index contributed by atoms with van der Waals surface area (Å²) in [6.07, 6.45) is 1.51. The third-order valence-electron chi connectivity index (χ3n) is 3.73. The van der Waals surface area contributed by atoms with Crippen LogP contribution in [0.1, 0.15) is 31.2 Å². The molecule has 1 aromatic rings. The molecule has 1 aliphatic heterocycles. The van der Waals surface area contributed by atoms with Crippen molar-refractivity contribution in [3.63, 3.8) is 0 Å². The summed E-state index contributed by atoms with van der Waals surface area (Å²) in [7, 11) is -2.78. The third-order valence-corrected chi connectivity index (χ3v) is 5.44. The van der Waals surface area contributed by atoms with Crippen LogP contribution < -0.4 is 0 Å². The quantitative estimate of drug-likeness (QED) is 0.881. The lowest BCUT2D eigenvalue weighted by molar-refractivity contribution is 0.403. The summed E-state index contributed by atoms with van der Waals surface area (Å²) in [6.45, 7) is 2.13. The largest absolute Gasteiger partial charge is 0.508 e. The molecular formula is C13H18O3S. The van der Waals surface area contributed by atoms with Gasteiger partial charge in [-0.1, -0.05) is 19.1 Å². The smallest absolute Gasteiger partial charge is 0.150 e. The van der Waals surface area contributed by atoms with Crippen LogP contribution in [0.5, 0.6) is 5.75 Å². The van der Waals surface area contributed by atoms with Crippen molar-refractivity contribution in [3.8, 4) is 5.75 Å². The van der Waals surface area contributed by atoms with Gasteiger partial charge >= 0.3 is 0 Å². The van der Waals surface area contributed by atoms with Gasteiger partial charge in [-0.2, -0.15) is 0 Å². The fraction of sp³-hybridized carbons (Fsp3) is 0.538. The maximum Gasteiger partial charge on any atom is 0.150 e. The van der Waals surface area contributed by atoms with Crippen molar-refractivity contribution in [2.24, 2.45) is 5.92 Å². The van der Waals surface area contributed by atoms with Crippen LogP contribution in [-0.2, 0) is 9.84 Å². The lowest BCUT2D eigenvalue weighted by Gasteiger charge is -2.27. The highest BCUT2D eigenvalue weighted by atomic mass is 32.2. The fourth-order valence-corrected chi connectivity index (χ4v) is 3.99. The lowest BCUT2D eigenvalue weighted by Crippen LogP contribution is -2.26. The van der Waals surface area contributed by atoms with E-state index in [2.05, 4.69) is 6.92 Å². The second-order valence-electron chi connectivity index (χ2n) is 4.87. The van der Waals surface area contributed by atoms with Gasteiger partial charge in [0.15, 0.2) is 0 Å². The average molecular weight is 254 g/mol. The van der Waals surface area contributed by atoms with E-state index in [1.54, 1.807) is 12.1 Å². The van der Waals surface area contributed by atoms with Crippen molar-refractivity contribution in [2.45, 2.75) is 25.7 Å². The Hall–Kier alpha value is -1.03. The summed E-state index contributed by atoms with van der Waals surface area (Å²) in [5.41, 5.74) is 1.17. The summed E-state index contributed by atoms with van der Waals surface area (Å²) < 4.78 is 22.7. The highest BCUT2D eigenvalue weighted by Crippen LogP contribution is 2.33. The maximum atomic E-state index is 11.4. The van der Waals surface area contributed by atoms with Crippen LogP contribution in [0.4, 0.5) is 0 Å². The van der Waals surface area contributed by atoms with Gasteiger partial charge in [0.05, 0.1) is 11.5 Å². The highest BCUT2D eigenvalue weighted by Gasteiger charge is 2.27. The SMILES string of the molecule is CC(c1ccc(O)cc1)C1CCS(=O)(=O)CC1. The fourth-order valence-electron chi connectivity index (χ4n) is 2.46. The third kappa shape index (κ3) is 3.00. The van der Waals surface area contributed by atoms with Crippen molar-refractivity contribution >= 4 is 9.84 Å². The summed E-state index contributed by atoms with van der Waals surface area (Å²) in [6, 6.07) is 7.21. The molecule has 0 amide bonds. The number of phenols is 1. The molecule has 1 unspecified atom stereocenters. The molecule has 0 radical (unpaired) electrons. The van der Waals surface area contributed by atoms with Crippen LogP contribution in [-0.4, -0.2) is 25.0 Å². The van der Waals surface area contributed by atoms with E-state index in [1.165, 1.54) is 5.56 Å². The van der Waals surface area contributed by atoms with Crippen LogP contribution >= 0.6 is 0 Å². The molecule has 1 N–H and O–H groups in total. The van der Waals surface area contributed by atoms with Crippen molar-refractivity contribution in [1.29, 1.82) is 0 Å². The Bertz CT molecular complexity index is 462. The molecule has 1 aliphatic rings. The van der Waals surface area contributed by atoms with Gasteiger partial charge in [0.25, 0.3) is 0 Å². The van der Waals surface area contributed by atoms with Crippen LogP contribution in [0.25, 0.3) is 0 Å². The van der Waals surface area contributed by atoms with Gasteiger partial charge in [0.2, 0.25) is 0 Å². The minimum absolute atomic E-state index is 0.271. The Morgan fingerprint density at radius 1 is 1.18 bits per heavy atom. The Balaban J connectivity index is 2.06. The van der Waals surface area contributed by atoms with Crippen LogP contribution in [0.3, 0.4) is 0 Å². The number of phenolic OH excluding ortho intramolecular Hbond substituents is 1. The Morgan fingerprint density at radius 3 is 2.24 bits per heavy atom. The highest BCUT2D eigenvalue weighted by molar-refractivity contribution is 7.91. The van der Waals surface area contributed by atoms with Crippen molar-refractivity contribution in [2.75, 3.05) is 11.5 Å². The van der Waals surface area contributed by atoms with Gasteiger partial charge in [-0.3, -0.25) is 0 Å². The first-order chi connectivity index (χ1) is 7.98. The molecule has 1 aromatic carbocycles. The molecule has 94 valence electrons. The van der Waals surface area contributed by atoms with Crippen LogP contribution in [0.15, 0.2) is 24.3 Å². The zero-order valence-corrected chi connectivity index (χ0v) is 10.8. The van der Waals surface area contributed by atoms with E-state index in [0.717, 1.165) is 12.8 Å². The van der Waals surface area contributed by atoms with E-state index in [9.17, 15) is 13.5 Å². The van der Waals surface area contributed by atoms with Crippen LogP contribution in [0, 0.1) is 5.92 Å². The number of rotatable bonds is 2. The maximum absolute atomic E-state index is 11.4. The van der Waals surface area contributed by atoms with Crippen molar-refractivity contribution < 1.29 is 13.5 Å². The van der Waals surface area contributed by atoms with Gasteiger partial charge in [0, 0.05) is 0 Å². The molecule has 0 bridgehead atoms. The molecule has 0 aromatic heterocycles. The van der Waals surface area contributed by atoms with E-state index in [4.69, 9.17) is 0 Å². The second-order valence-corrected chi connectivity index (χ2v) is 7.17. The number of hydrogen-bond acceptors (Lipinski definition) is 3. The second kappa shape index (κ2) is 4.69. The van der Waals surface area contributed by atoms with E-state index in [-0.39, 0.29) is 5.75 Å². The summed E-state index contributed by atoms with van der Waals surface area (Å²) in [5.74, 6) is 1.70. The van der Waals surface area contributed by atoms with E-state index >= 15 is 0 Å². The van der Waals surface area contributed by atoms with Gasteiger partial charge in [-0.25, -0.2) is 8.42 Å². The van der Waals surface area contributed by atoms with Gasteiger partial charge in [-0.05, 0) is 42.4 Å². The van der Waals surface area contributed by atoms with Gasteiger partial charge in [0.1, 0.15) is 15.6 Å². The molecule has 17 heavy (non-hydrogen) atoms. The number of hydrogen-bond donors (Lipinski definition) is 1. The number of sulfone groups is 1.